The van der Waals surface area contributed by atoms with Crippen molar-refractivity contribution in [1.29, 1.82) is 0 Å². The second kappa shape index (κ2) is 9.78. The summed E-state index contributed by atoms with van der Waals surface area (Å²) in [5.74, 6) is 1.89. The fourth-order valence-corrected chi connectivity index (χ4v) is 3.78. The molecule has 0 bridgehead atoms. The molecule has 4 rings (SSSR count). The lowest BCUT2D eigenvalue weighted by Gasteiger charge is -2.28. The first-order chi connectivity index (χ1) is 14.7. The third-order valence-electron chi connectivity index (χ3n) is 5.38. The summed E-state index contributed by atoms with van der Waals surface area (Å²) < 4.78 is 17.0. The quantitative estimate of drug-likeness (QED) is 0.601. The molecule has 1 atom stereocenters. The molecule has 0 aliphatic carbocycles. The molecule has 0 spiro atoms. The van der Waals surface area contributed by atoms with Gasteiger partial charge in [0.1, 0.15) is 29.9 Å². The van der Waals surface area contributed by atoms with E-state index in [-0.39, 0.29) is 6.61 Å². The smallest absolute Gasteiger partial charge is 0.171 e. The van der Waals surface area contributed by atoms with Crippen molar-refractivity contribution < 1.29 is 19.1 Å². The molecule has 0 saturated carbocycles. The van der Waals surface area contributed by atoms with Crippen LogP contribution < -0.4 is 9.47 Å². The van der Waals surface area contributed by atoms with Crippen LogP contribution in [0.3, 0.4) is 0 Å². The number of aliphatic hydroxyl groups excluding tert-OH is 1. The molecule has 1 fully saturated rings. The first-order valence-electron chi connectivity index (χ1n) is 10.5. The van der Waals surface area contributed by atoms with Crippen LogP contribution in [0.2, 0.25) is 0 Å². The molecule has 1 saturated heterocycles. The number of rotatable bonds is 8. The highest BCUT2D eigenvalue weighted by molar-refractivity contribution is 5.71. The van der Waals surface area contributed by atoms with E-state index in [4.69, 9.17) is 14.0 Å². The summed E-state index contributed by atoms with van der Waals surface area (Å²) in [5, 5.41) is 14.7. The molecule has 1 N–H and O–H groups in total. The third-order valence-corrected chi connectivity index (χ3v) is 5.38. The number of aromatic nitrogens is 1. The summed E-state index contributed by atoms with van der Waals surface area (Å²) in [6, 6.07) is 17.3. The maximum Gasteiger partial charge on any atom is 0.171 e. The predicted molar refractivity (Wildman–Crippen MR) is 116 cm³/mol. The van der Waals surface area contributed by atoms with Gasteiger partial charge in [-0.2, -0.15) is 0 Å². The zero-order chi connectivity index (χ0) is 20.8. The fraction of sp³-hybridized carbons (Fsp3) is 0.375. The van der Waals surface area contributed by atoms with Gasteiger partial charge in [0.2, 0.25) is 0 Å². The monoisotopic (exact) mass is 408 g/mol. The Morgan fingerprint density at radius 1 is 1.07 bits per heavy atom. The van der Waals surface area contributed by atoms with Crippen LogP contribution in [0.5, 0.6) is 11.5 Å². The molecule has 6 heteroatoms. The molecule has 1 aromatic heterocycles. The molecule has 1 unspecified atom stereocenters. The van der Waals surface area contributed by atoms with E-state index in [1.807, 2.05) is 54.6 Å². The van der Waals surface area contributed by atoms with E-state index in [1.54, 1.807) is 7.11 Å². The average Bonchev–Trinajstić information content (AvgIpc) is 3.29. The van der Waals surface area contributed by atoms with Crippen molar-refractivity contribution in [2.45, 2.75) is 25.4 Å². The molecule has 0 amide bonds. The molecule has 1 aliphatic heterocycles. The number of hydrogen-bond donors (Lipinski definition) is 1. The van der Waals surface area contributed by atoms with Crippen molar-refractivity contribution in [1.82, 2.24) is 10.1 Å². The highest BCUT2D eigenvalue weighted by Gasteiger charge is 2.18. The fourth-order valence-electron chi connectivity index (χ4n) is 3.78. The molecule has 158 valence electrons. The van der Waals surface area contributed by atoms with Crippen molar-refractivity contribution in [2.24, 2.45) is 0 Å². The van der Waals surface area contributed by atoms with Crippen molar-refractivity contribution in [2.75, 3.05) is 33.4 Å². The lowest BCUT2D eigenvalue weighted by Crippen LogP contribution is -2.38. The SMILES string of the molecule is COc1ccc(-c2cc(-c3ccccc3)no2)c(OCC(O)CN2CCCCC2)c1. The summed E-state index contributed by atoms with van der Waals surface area (Å²) in [6.07, 6.45) is 3.11. The zero-order valence-electron chi connectivity index (χ0n) is 17.3. The van der Waals surface area contributed by atoms with E-state index in [2.05, 4.69) is 10.1 Å². The summed E-state index contributed by atoms with van der Waals surface area (Å²) in [6.45, 7) is 2.92. The van der Waals surface area contributed by atoms with Crippen molar-refractivity contribution in [3.05, 3.63) is 54.6 Å². The standard InChI is InChI=1S/C24H28N2O4/c1-28-20-10-11-21(24-15-22(25-30-24)18-8-4-2-5-9-18)23(14-20)29-17-19(27)16-26-12-6-3-7-13-26/h2,4-5,8-11,14-15,19,27H,3,6-7,12-13,16-17H2,1H3. The number of methoxy groups -OCH3 is 1. The summed E-state index contributed by atoms with van der Waals surface area (Å²) >= 11 is 0. The van der Waals surface area contributed by atoms with Gasteiger partial charge >= 0.3 is 0 Å². The molecular formula is C24H28N2O4. The van der Waals surface area contributed by atoms with Gasteiger partial charge in [0.05, 0.1) is 12.7 Å². The number of piperidine rings is 1. The van der Waals surface area contributed by atoms with E-state index in [9.17, 15) is 5.11 Å². The molecule has 1 aliphatic rings. The Morgan fingerprint density at radius 2 is 1.87 bits per heavy atom. The number of hydrogen-bond acceptors (Lipinski definition) is 6. The van der Waals surface area contributed by atoms with E-state index < -0.39 is 6.10 Å². The Kier molecular flexibility index (Phi) is 6.67. The number of aliphatic hydroxyl groups is 1. The van der Waals surface area contributed by atoms with Gasteiger partial charge < -0.3 is 24.0 Å². The predicted octanol–water partition coefficient (Wildman–Crippen LogP) is 4.24. The van der Waals surface area contributed by atoms with Crippen LogP contribution >= 0.6 is 0 Å². The summed E-state index contributed by atoms with van der Waals surface area (Å²) in [5.41, 5.74) is 2.52. The Morgan fingerprint density at radius 3 is 2.63 bits per heavy atom. The minimum absolute atomic E-state index is 0.205. The van der Waals surface area contributed by atoms with Crippen molar-refractivity contribution in [3.63, 3.8) is 0 Å². The van der Waals surface area contributed by atoms with Gasteiger partial charge in [0.15, 0.2) is 5.76 Å². The molecule has 2 heterocycles. The second-order valence-corrected chi connectivity index (χ2v) is 7.63. The van der Waals surface area contributed by atoms with Crippen molar-refractivity contribution >= 4 is 0 Å². The van der Waals surface area contributed by atoms with Gasteiger partial charge in [-0.3, -0.25) is 0 Å². The van der Waals surface area contributed by atoms with E-state index in [0.29, 0.717) is 23.8 Å². The lowest BCUT2D eigenvalue weighted by atomic mass is 10.1. The molecule has 6 nitrogen and oxygen atoms in total. The third kappa shape index (κ3) is 5.01. The molecule has 3 aromatic rings. The van der Waals surface area contributed by atoms with Crippen LogP contribution in [0.1, 0.15) is 19.3 Å². The lowest BCUT2D eigenvalue weighted by molar-refractivity contribution is 0.0618. The first kappa shape index (κ1) is 20.4. The molecule has 30 heavy (non-hydrogen) atoms. The van der Waals surface area contributed by atoms with Crippen LogP contribution in [0.25, 0.3) is 22.6 Å². The van der Waals surface area contributed by atoms with Crippen LogP contribution in [-0.4, -0.2) is 54.6 Å². The first-order valence-corrected chi connectivity index (χ1v) is 10.5. The topological polar surface area (TPSA) is 68.0 Å². The Labute approximate surface area is 177 Å². The molecule has 2 aromatic carbocycles. The summed E-state index contributed by atoms with van der Waals surface area (Å²) in [4.78, 5) is 2.30. The second-order valence-electron chi connectivity index (χ2n) is 7.63. The maximum absolute atomic E-state index is 10.5. The minimum Gasteiger partial charge on any atom is -0.497 e. The Balaban J connectivity index is 1.49. The van der Waals surface area contributed by atoms with Gasteiger partial charge in [-0.05, 0) is 38.1 Å². The zero-order valence-corrected chi connectivity index (χ0v) is 17.3. The van der Waals surface area contributed by atoms with Gasteiger partial charge in [-0.15, -0.1) is 0 Å². The number of ether oxygens (including phenoxy) is 2. The Hall–Kier alpha value is -2.83. The average molecular weight is 408 g/mol. The number of likely N-dealkylation sites (tertiary alicyclic amines) is 1. The minimum atomic E-state index is -0.559. The normalized spacial score (nSPS) is 15.7. The van der Waals surface area contributed by atoms with Crippen molar-refractivity contribution in [3.8, 4) is 34.1 Å². The van der Waals surface area contributed by atoms with Crippen LogP contribution in [0.4, 0.5) is 0 Å². The van der Waals surface area contributed by atoms with Gasteiger partial charge in [-0.1, -0.05) is 41.9 Å². The summed E-state index contributed by atoms with van der Waals surface area (Å²) in [7, 11) is 1.62. The van der Waals surface area contributed by atoms with Gasteiger partial charge in [0, 0.05) is 24.2 Å². The van der Waals surface area contributed by atoms with E-state index >= 15 is 0 Å². The number of β-amino-alcohol motifs (C(OH)–C–C–N with tert-alkyl or cyclic N) is 1. The highest BCUT2D eigenvalue weighted by Crippen LogP contribution is 2.35. The van der Waals surface area contributed by atoms with E-state index in [1.165, 1.54) is 19.3 Å². The van der Waals surface area contributed by atoms with Gasteiger partial charge in [-0.25, -0.2) is 0 Å². The number of nitrogens with zero attached hydrogens (tertiary/aromatic N) is 2. The van der Waals surface area contributed by atoms with E-state index in [0.717, 1.165) is 29.9 Å². The molecular weight excluding hydrogens is 380 g/mol. The molecule has 0 radical (unpaired) electrons. The Bertz CT molecular complexity index is 935. The van der Waals surface area contributed by atoms with Crippen LogP contribution in [-0.2, 0) is 0 Å². The largest absolute Gasteiger partial charge is 0.497 e. The number of benzene rings is 2. The highest BCUT2D eigenvalue weighted by atomic mass is 16.5. The van der Waals surface area contributed by atoms with Crippen LogP contribution in [0, 0.1) is 0 Å². The van der Waals surface area contributed by atoms with Gasteiger partial charge in [0.25, 0.3) is 0 Å². The maximum atomic E-state index is 10.5. The van der Waals surface area contributed by atoms with Crippen LogP contribution in [0.15, 0.2) is 59.1 Å².